The minimum Gasteiger partial charge on any atom is -0.423 e. The van der Waals surface area contributed by atoms with Gasteiger partial charge in [-0.1, -0.05) is 6.92 Å². The molecular weight excluding hydrogens is 302 g/mol. The molecule has 0 spiro atoms. The lowest BCUT2D eigenvalue weighted by atomic mass is 9.89. The van der Waals surface area contributed by atoms with E-state index in [2.05, 4.69) is 4.99 Å². The predicted molar refractivity (Wildman–Crippen MR) is 69.7 cm³/mol. The number of nitrogens with zero attached hydrogens (tertiary/aromatic N) is 1. The Balaban J connectivity index is 2.36. The van der Waals surface area contributed by atoms with Crippen molar-refractivity contribution < 1.29 is 27.1 Å². The minimum atomic E-state index is -4.94. The summed E-state index contributed by atoms with van der Waals surface area (Å²) in [6.45, 7) is 2.51. The van der Waals surface area contributed by atoms with Crippen molar-refractivity contribution in [3.8, 4) is 5.75 Å². The van der Waals surface area contributed by atoms with Crippen LogP contribution < -0.4 is 15.3 Å². The maximum atomic E-state index is 13.8. The summed E-state index contributed by atoms with van der Waals surface area (Å²) in [5.41, 5.74) is -0.832. The third kappa shape index (κ3) is 2.28. The highest BCUT2D eigenvalue weighted by atomic mass is 19.4. The summed E-state index contributed by atoms with van der Waals surface area (Å²) < 4.78 is 57.9. The van der Waals surface area contributed by atoms with E-state index >= 15 is 0 Å². The largest absolute Gasteiger partial charge is 0.423 e. The van der Waals surface area contributed by atoms with Crippen LogP contribution in [0.2, 0.25) is 0 Å². The van der Waals surface area contributed by atoms with Crippen molar-refractivity contribution in [1.29, 1.82) is 0 Å². The van der Waals surface area contributed by atoms with Gasteiger partial charge in [-0.05, 0) is 30.4 Å². The van der Waals surface area contributed by atoms with Crippen LogP contribution in [-0.2, 0) is 4.79 Å². The van der Waals surface area contributed by atoms with Gasteiger partial charge in [-0.2, -0.15) is 13.2 Å². The molecular formula is C15H13F4NO2. The first-order valence-electron chi connectivity index (χ1n) is 6.98. The molecule has 2 aliphatic heterocycles. The number of halogens is 4. The molecule has 0 fully saturated rings. The van der Waals surface area contributed by atoms with E-state index in [0.29, 0.717) is 17.5 Å². The number of carbonyl (C=O) groups excluding carboxylic acids is 1. The summed E-state index contributed by atoms with van der Waals surface area (Å²) in [5, 5.41) is 0.123. The normalized spacial score (nSPS) is 24.2. The van der Waals surface area contributed by atoms with Crippen molar-refractivity contribution in [2.24, 2.45) is 4.99 Å². The lowest BCUT2D eigenvalue weighted by Crippen LogP contribution is -2.41. The van der Waals surface area contributed by atoms with Crippen molar-refractivity contribution in [3.05, 3.63) is 28.3 Å². The minimum absolute atomic E-state index is 0.0722. The van der Waals surface area contributed by atoms with Crippen LogP contribution in [0, 0.1) is 0 Å². The van der Waals surface area contributed by atoms with E-state index in [1.165, 1.54) is 12.1 Å². The standard InChI is InChI=1S/C15H13F4NO2/c1-2-7-3-4-20-10-6-11-9(5-8(7)10)12(15(17,18)19)13(16)14(21)22-11/h5-7,13H,2-4H2,1H3. The van der Waals surface area contributed by atoms with Crippen LogP contribution in [0.3, 0.4) is 0 Å². The molecule has 0 radical (unpaired) electrons. The van der Waals surface area contributed by atoms with Gasteiger partial charge in [0.05, 0.1) is 10.9 Å². The zero-order valence-electron chi connectivity index (χ0n) is 11.7. The zero-order chi connectivity index (χ0) is 16.1. The summed E-state index contributed by atoms with van der Waals surface area (Å²) >= 11 is 0. The Morgan fingerprint density at radius 3 is 2.73 bits per heavy atom. The topological polar surface area (TPSA) is 38.7 Å². The van der Waals surface area contributed by atoms with Crippen LogP contribution in [0.4, 0.5) is 17.6 Å². The number of esters is 1. The number of benzene rings is 1. The van der Waals surface area contributed by atoms with Crippen molar-refractivity contribution in [1.82, 2.24) is 0 Å². The van der Waals surface area contributed by atoms with E-state index in [1.807, 2.05) is 6.92 Å². The van der Waals surface area contributed by atoms with E-state index in [0.717, 1.165) is 12.8 Å². The molecule has 118 valence electrons. The number of alkyl halides is 4. The molecule has 1 aromatic rings. The van der Waals surface area contributed by atoms with Crippen LogP contribution >= 0.6 is 0 Å². The average Bonchev–Trinajstić information content (AvgIpc) is 2.44. The first-order chi connectivity index (χ1) is 10.3. The van der Waals surface area contributed by atoms with E-state index in [9.17, 15) is 22.4 Å². The molecule has 7 heteroatoms. The Kier molecular flexibility index (Phi) is 3.45. The summed E-state index contributed by atoms with van der Waals surface area (Å²) in [6, 6.07) is 2.59. The van der Waals surface area contributed by atoms with Crippen molar-refractivity contribution in [2.75, 3.05) is 6.54 Å². The van der Waals surface area contributed by atoms with Gasteiger partial charge in [0, 0.05) is 17.8 Å². The van der Waals surface area contributed by atoms with Crippen molar-refractivity contribution in [3.63, 3.8) is 0 Å². The molecule has 0 aliphatic carbocycles. The maximum absolute atomic E-state index is 13.8. The summed E-state index contributed by atoms with van der Waals surface area (Å²) in [4.78, 5) is 15.6. The van der Waals surface area contributed by atoms with Crippen LogP contribution in [0.25, 0.3) is 5.57 Å². The van der Waals surface area contributed by atoms with Gasteiger partial charge in [-0.3, -0.25) is 4.99 Å². The van der Waals surface area contributed by atoms with Crippen LogP contribution in [0.15, 0.2) is 17.1 Å². The Morgan fingerprint density at radius 2 is 2.09 bits per heavy atom. The number of hydrogen-bond donors (Lipinski definition) is 0. The Bertz CT molecular complexity index is 754. The van der Waals surface area contributed by atoms with Crippen LogP contribution in [-0.4, -0.2) is 24.9 Å². The number of fused-ring (bicyclic) bond motifs is 2. The monoisotopic (exact) mass is 315 g/mol. The fraction of sp³-hybridized carbons (Fsp3) is 0.467. The molecule has 0 bridgehead atoms. The molecule has 0 saturated carbocycles. The molecule has 2 aliphatic rings. The lowest BCUT2D eigenvalue weighted by molar-refractivity contribution is -0.141. The number of hydrogen-bond acceptors (Lipinski definition) is 3. The molecule has 0 N–H and O–H groups in total. The second kappa shape index (κ2) is 5.07. The van der Waals surface area contributed by atoms with Gasteiger partial charge in [0.15, 0.2) is 0 Å². The molecule has 0 amide bonds. The van der Waals surface area contributed by atoms with Gasteiger partial charge in [0.25, 0.3) is 0 Å². The quantitative estimate of drug-likeness (QED) is 0.453. The van der Waals surface area contributed by atoms with Gasteiger partial charge in [0.1, 0.15) is 5.75 Å². The first kappa shape index (κ1) is 15.0. The smallest absolute Gasteiger partial charge is 0.416 e. The highest BCUT2D eigenvalue weighted by Gasteiger charge is 2.46. The van der Waals surface area contributed by atoms with Crippen molar-refractivity contribution >= 4 is 11.5 Å². The van der Waals surface area contributed by atoms with Gasteiger partial charge in [-0.15, -0.1) is 0 Å². The highest BCUT2D eigenvalue weighted by molar-refractivity contribution is 5.91. The highest BCUT2D eigenvalue weighted by Crippen LogP contribution is 2.34. The SMILES string of the molecule is CCC1CCN=c2cc3c(cc21)=C(C(F)(F)F)C(F)C(=O)O3. The third-order valence-corrected chi connectivity index (χ3v) is 4.09. The molecule has 3 rings (SSSR count). The first-order valence-corrected chi connectivity index (χ1v) is 6.98. The Morgan fingerprint density at radius 1 is 1.36 bits per heavy atom. The Labute approximate surface area is 123 Å². The summed E-state index contributed by atoms with van der Waals surface area (Å²) in [6.07, 6.45) is -6.26. The third-order valence-electron chi connectivity index (χ3n) is 4.09. The van der Waals surface area contributed by atoms with Gasteiger partial charge in [0.2, 0.25) is 6.17 Å². The Hall–Kier alpha value is -1.92. The van der Waals surface area contributed by atoms with E-state index in [1.54, 1.807) is 0 Å². The van der Waals surface area contributed by atoms with Gasteiger partial charge < -0.3 is 4.74 Å². The average molecular weight is 315 g/mol. The molecule has 3 nitrogen and oxygen atoms in total. The fourth-order valence-electron chi connectivity index (χ4n) is 2.98. The zero-order valence-corrected chi connectivity index (χ0v) is 11.7. The van der Waals surface area contributed by atoms with Gasteiger partial charge >= 0.3 is 12.1 Å². The summed E-state index contributed by atoms with van der Waals surface area (Å²) in [7, 11) is 0. The number of rotatable bonds is 1. The lowest BCUT2D eigenvalue weighted by Gasteiger charge is -2.24. The molecule has 1 aromatic carbocycles. The summed E-state index contributed by atoms with van der Waals surface area (Å²) in [5.74, 6) is -1.74. The van der Waals surface area contributed by atoms with Crippen LogP contribution in [0.1, 0.15) is 31.2 Å². The molecule has 2 heterocycles. The molecule has 22 heavy (non-hydrogen) atoms. The second-order valence-corrected chi connectivity index (χ2v) is 5.38. The van der Waals surface area contributed by atoms with Crippen molar-refractivity contribution in [2.45, 2.75) is 38.0 Å². The molecule has 0 aromatic heterocycles. The van der Waals surface area contributed by atoms with E-state index in [4.69, 9.17) is 4.74 Å². The second-order valence-electron chi connectivity index (χ2n) is 5.38. The molecule has 2 atom stereocenters. The van der Waals surface area contributed by atoms with Gasteiger partial charge in [-0.25, -0.2) is 9.18 Å². The number of carbonyl (C=O) groups is 1. The van der Waals surface area contributed by atoms with Crippen LogP contribution in [0.5, 0.6) is 5.75 Å². The molecule has 2 unspecified atom stereocenters. The maximum Gasteiger partial charge on any atom is 0.416 e. The fourth-order valence-corrected chi connectivity index (χ4v) is 2.98. The van der Waals surface area contributed by atoms with E-state index in [-0.39, 0.29) is 11.7 Å². The van der Waals surface area contributed by atoms with E-state index < -0.39 is 29.1 Å². The number of ether oxygens (including phenoxy) is 1. The predicted octanol–water partition coefficient (Wildman–Crippen LogP) is 2.17. The molecule has 0 saturated heterocycles.